The number of hydrogen-bond donors (Lipinski definition) is 2. The standard InChI is InChI=1S/C35H49N3O6S/c1-25-12-8-9-15-28(25)30-22-27(16-17-29(30)33(39)36-31(35(41)42)18-21-45(3,43)44)24-37(2)32(23-26-13-6-4-7-14-26)34(40)38-19-10-5-11-20-38/h8-9,12,15-17,22,26,31-32H,4-7,10-11,13-14,18-21,23-24H2,1-3H3,(H,36,39)(H,41,42). The molecule has 4 rings (SSSR count). The number of likely N-dealkylation sites (tertiary alicyclic amines) is 1. The van der Waals surface area contributed by atoms with E-state index in [1.54, 1.807) is 6.07 Å². The second kappa shape index (κ2) is 15.9. The normalized spacial score (nSPS) is 17.6. The monoisotopic (exact) mass is 639 g/mol. The van der Waals surface area contributed by atoms with Crippen LogP contribution in [0.15, 0.2) is 42.5 Å². The van der Waals surface area contributed by atoms with Crippen LogP contribution in [0.5, 0.6) is 0 Å². The van der Waals surface area contributed by atoms with E-state index in [1.165, 1.54) is 38.5 Å². The molecule has 1 saturated carbocycles. The third kappa shape index (κ3) is 9.87. The molecule has 1 saturated heterocycles. The number of sulfone groups is 1. The first kappa shape index (κ1) is 34.6. The average Bonchev–Trinajstić information content (AvgIpc) is 3.02. The molecule has 0 bridgehead atoms. The predicted octanol–water partition coefficient (Wildman–Crippen LogP) is 5.06. The van der Waals surface area contributed by atoms with Crippen LogP contribution in [0.2, 0.25) is 0 Å². The Morgan fingerprint density at radius 1 is 0.978 bits per heavy atom. The second-order valence-corrected chi connectivity index (χ2v) is 15.3. The molecule has 2 aromatic carbocycles. The molecule has 2 N–H and O–H groups in total. The van der Waals surface area contributed by atoms with Gasteiger partial charge in [0.1, 0.15) is 15.9 Å². The number of aryl methyl sites for hydroxylation is 1. The van der Waals surface area contributed by atoms with Crippen LogP contribution < -0.4 is 5.32 Å². The molecule has 0 spiro atoms. The molecule has 2 aromatic rings. The van der Waals surface area contributed by atoms with Crippen molar-refractivity contribution in [3.05, 3.63) is 59.2 Å². The van der Waals surface area contributed by atoms with Crippen LogP contribution >= 0.6 is 0 Å². The summed E-state index contributed by atoms with van der Waals surface area (Å²) in [5.41, 5.74) is 3.72. The summed E-state index contributed by atoms with van der Waals surface area (Å²) in [6, 6.07) is 11.7. The predicted molar refractivity (Wildman–Crippen MR) is 177 cm³/mol. The zero-order valence-electron chi connectivity index (χ0n) is 27.0. The molecule has 45 heavy (non-hydrogen) atoms. The van der Waals surface area contributed by atoms with Gasteiger partial charge < -0.3 is 15.3 Å². The molecule has 2 amide bonds. The summed E-state index contributed by atoms with van der Waals surface area (Å²) in [5, 5.41) is 12.2. The molecular formula is C35H49N3O6S. The van der Waals surface area contributed by atoms with Gasteiger partial charge >= 0.3 is 5.97 Å². The molecule has 2 aliphatic rings. The first-order valence-corrected chi connectivity index (χ1v) is 18.4. The Kier molecular flexibility index (Phi) is 12.2. The lowest BCUT2D eigenvalue weighted by Gasteiger charge is -2.37. The van der Waals surface area contributed by atoms with E-state index < -0.39 is 27.8 Å². The van der Waals surface area contributed by atoms with Gasteiger partial charge in [-0.05, 0) is 86.4 Å². The van der Waals surface area contributed by atoms with Crippen LogP contribution in [0.4, 0.5) is 0 Å². The highest BCUT2D eigenvalue weighted by atomic mass is 32.2. The first-order valence-electron chi connectivity index (χ1n) is 16.3. The lowest BCUT2D eigenvalue weighted by Crippen LogP contribution is -2.49. The molecule has 9 nitrogen and oxygen atoms in total. The third-order valence-corrected chi connectivity index (χ3v) is 10.3. The molecule has 0 radical (unpaired) electrons. The van der Waals surface area contributed by atoms with Crippen molar-refractivity contribution in [3.63, 3.8) is 0 Å². The van der Waals surface area contributed by atoms with Crippen LogP contribution in [-0.4, -0.2) is 85.3 Å². The molecule has 0 aromatic heterocycles. The number of hydrogen-bond acceptors (Lipinski definition) is 6. The SMILES string of the molecule is Cc1ccccc1-c1cc(CN(C)C(CC2CCCCC2)C(=O)N2CCCCC2)ccc1C(=O)NC(CCS(C)(=O)=O)C(=O)O. The molecule has 2 unspecified atom stereocenters. The van der Waals surface area contributed by atoms with Gasteiger partial charge in [-0.2, -0.15) is 0 Å². The van der Waals surface area contributed by atoms with Gasteiger partial charge in [0.25, 0.3) is 5.91 Å². The van der Waals surface area contributed by atoms with Crippen LogP contribution in [0.3, 0.4) is 0 Å². The largest absolute Gasteiger partial charge is 0.480 e. The second-order valence-electron chi connectivity index (χ2n) is 13.0. The number of benzene rings is 2. The Hall–Kier alpha value is -3.24. The van der Waals surface area contributed by atoms with Crippen LogP contribution in [-0.2, 0) is 26.0 Å². The lowest BCUT2D eigenvalue weighted by atomic mass is 9.84. The number of rotatable bonds is 13. The van der Waals surface area contributed by atoms with Gasteiger partial charge in [0.05, 0.1) is 11.8 Å². The van der Waals surface area contributed by atoms with E-state index in [0.717, 1.165) is 55.3 Å². The van der Waals surface area contributed by atoms with Gasteiger partial charge in [0.2, 0.25) is 5.91 Å². The summed E-state index contributed by atoms with van der Waals surface area (Å²) in [7, 11) is -1.39. The van der Waals surface area contributed by atoms with Crippen molar-refractivity contribution in [2.45, 2.75) is 89.8 Å². The number of nitrogens with one attached hydrogen (secondary N) is 1. The zero-order valence-corrected chi connectivity index (χ0v) is 27.8. The minimum absolute atomic E-state index is 0.215. The molecule has 1 heterocycles. The maximum Gasteiger partial charge on any atom is 0.326 e. The molecule has 2 atom stereocenters. The molecule has 1 aliphatic carbocycles. The van der Waals surface area contributed by atoms with Crippen molar-refractivity contribution in [3.8, 4) is 11.1 Å². The average molecular weight is 640 g/mol. The fraction of sp³-hybridized carbons (Fsp3) is 0.571. The van der Waals surface area contributed by atoms with E-state index in [-0.39, 0.29) is 24.1 Å². The Morgan fingerprint density at radius 3 is 2.29 bits per heavy atom. The van der Waals surface area contributed by atoms with Crippen LogP contribution in [0.25, 0.3) is 11.1 Å². The van der Waals surface area contributed by atoms with Crippen molar-refractivity contribution in [2.75, 3.05) is 32.1 Å². The highest BCUT2D eigenvalue weighted by Gasteiger charge is 2.32. The highest BCUT2D eigenvalue weighted by Crippen LogP contribution is 2.32. The number of carboxylic acid groups (broad SMARTS) is 1. The summed E-state index contributed by atoms with van der Waals surface area (Å²) >= 11 is 0. The minimum Gasteiger partial charge on any atom is -0.480 e. The lowest BCUT2D eigenvalue weighted by molar-refractivity contribution is -0.139. The van der Waals surface area contributed by atoms with Gasteiger partial charge in [-0.1, -0.05) is 62.4 Å². The summed E-state index contributed by atoms with van der Waals surface area (Å²) in [6.45, 7) is 4.11. The Balaban J connectivity index is 1.62. The smallest absolute Gasteiger partial charge is 0.326 e. The van der Waals surface area contributed by atoms with Crippen LogP contribution in [0.1, 0.15) is 85.7 Å². The first-order chi connectivity index (χ1) is 21.4. The molecule has 1 aliphatic heterocycles. The number of piperidine rings is 1. The summed E-state index contributed by atoms with van der Waals surface area (Å²) in [4.78, 5) is 43.5. The van der Waals surface area contributed by atoms with Crippen molar-refractivity contribution >= 4 is 27.6 Å². The van der Waals surface area contributed by atoms with Gasteiger partial charge in [0, 0.05) is 31.5 Å². The maximum atomic E-state index is 13.9. The Morgan fingerprint density at radius 2 is 1.64 bits per heavy atom. The number of amides is 2. The van der Waals surface area contributed by atoms with Crippen molar-refractivity contribution in [1.29, 1.82) is 0 Å². The van der Waals surface area contributed by atoms with Gasteiger partial charge in [-0.15, -0.1) is 0 Å². The third-order valence-electron chi connectivity index (χ3n) is 9.34. The van der Waals surface area contributed by atoms with Gasteiger partial charge in [-0.25, -0.2) is 13.2 Å². The number of carboxylic acids is 1. The number of carbonyl (C=O) groups is 3. The number of nitrogens with zero attached hydrogens (tertiary/aromatic N) is 2. The molecule has 2 fully saturated rings. The van der Waals surface area contributed by atoms with Crippen molar-refractivity contribution in [2.24, 2.45) is 5.92 Å². The quantitative estimate of drug-likeness (QED) is 0.314. The molecule has 10 heteroatoms. The van der Waals surface area contributed by atoms with Crippen molar-refractivity contribution < 1.29 is 27.9 Å². The van der Waals surface area contributed by atoms with E-state index >= 15 is 0 Å². The fourth-order valence-electron chi connectivity index (χ4n) is 6.74. The topological polar surface area (TPSA) is 124 Å². The minimum atomic E-state index is -3.40. The van der Waals surface area contributed by atoms with Gasteiger partial charge in [-0.3, -0.25) is 14.5 Å². The number of aliphatic carboxylic acids is 1. The van der Waals surface area contributed by atoms with E-state index in [4.69, 9.17) is 0 Å². The molecular weight excluding hydrogens is 590 g/mol. The Bertz CT molecular complexity index is 1450. The number of carbonyl (C=O) groups excluding carboxylic acids is 2. The zero-order chi connectivity index (χ0) is 32.6. The van der Waals surface area contributed by atoms with Crippen molar-refractivity contribution in [1.82, 2.24) is 15.1 Å². The summed E-state index contributed by atoms with van der Waals surface area (Å²) in [5.74, 6) is -1.46. The molecule has 246 valence electrons. The number of likely N-dealkylation sites (N-methyl/N-ethyl adjacent to an activating group) is 1. The van der Waals surface area contributed by atoms with Gasteiger partial charge in [0.15, 0.2) is 0 Å². The Labute approximate surface area is 268 Å². The fourth-order valence-corrected chi connectivity index (χ4v) is 7.41. The van der Waals surface area contributed by atoms with E-state index in [0.29, 0.717) is 23.6 Å². The maximum absolute atomic E-state index is 13.9. The highest BCUT2D eigenvalue weighted by molar-refractivity contribution is 7.90. The van der Waals surface area contributed by atoms with E-state index in [9.17, 15) is 27.9 Å². The van der Waals surface area contributed by atoms with E-state index in [1.807, 2.05) is 55.3 Å². The summed E-state index contributed by atoms with van der Waals surface area (Å²) < 4.78 is 23.3. The summed E-state index contributed by atoms with van der Waals surface area (Å²) in [6.07, 6.45) is 11.0. The van der Waals surface area contributed by atoms with E-state index in [2.05, 4.69) is 10.2 Å². The van der Waals surface area contributed by atoms with Crippen LogP contribution in [0, 0.1) is 12.8 Å².